The lowest BCUT2D eigenvalue weighted by atomic mass is 9.96. The van der Waals surface area contributed by atoms with E-state index in [0.717, 1.165) is 0 Å². The highest BCUT2D eigenvalue weighted by molar-refractivity contribution is 4.71. The van der Waals surface area contributed by atoms with Crippen LogP contribution in [0.5, 0.6) is 0 Å². The number of ether oxygens (including phenoxy) is 1. The number of hydrogen-bond acceptors (Lipinski definition) is 2. The predicted molar refractivity (Wildman–Crippen MR) is 51.7 cm³/mol. The van der Waals surface area contributed by atoms with Gasteiger partial charge in [-0.25, -0.2) is 8.78 Å². The van der Waals surface area contributed by atoms with Gasteiger partial charge in [-0.05, 0) is 12.8 Å². The Morgan fingerprint density at radius 3 is 2.57 bits per heavy atom. The first-order chi connectivity index (χ1) is 6.79. The first kappa shape index (κ1) is 11.9. The van der Waals surface area contributed by atoms with E-state index < -0.39 is 13.0 Å². The van der Waals surface area contributed by atoms with Crippen LogP contribution in [-0.2, 0) is 4.74 Å². The Balaban J connectivity index is 1.87. The van der Waals surface area contributed by atoms with Gasteiger partial charge in [-0.1, -0.05) is 19.3 Å². The van der Waals surface area contributed by atoms with Gasteiger partial charge in [-0.15, -0.1) is 0 Å². The Bertz CT molecular complexity index is 138. The molecule has 0 bridgehead atoms. The third kappa shape index (κ3) is 5.50. The van der Waals surface area contributed by atoms with Crippen molar-refractivity contribution in [1.29, 1.82) is 0 Å². The molecule has 2 nitrogen and oxygen atoms in total. The van der Waals surface area contributed by atoms with Crippen molar-refractivity contribution in [2.45, 2.75) is 44.6 Å². The second-order valence-corrected chi connectivity index (χ2v) is 3.76. The molecule has 0 amide bonds. The van der Waals surface area contributed by atoms with E-state index in [1.807, 2.05) is 0 Å². The zero-order valence-electron chi connectivity index (χ0n) is 8.48. The molecule has 1 aliphatic rings. The van der Waals surface area contributed by atoms with Crippen molar-refractivity contribution in [3.05, 3.63) is 0 Å². The van der Waals surface area contributed by atoms with Crippen molar-refractivity contribution < 1.29 is 13.5 Å². The molecule has 0 atom stereocenters. The highest BCUT2D eigenvalue weighted by Gasteiger charge is 2.11. The summed E-state index contributed by atoms with van der Waals surface area (Å²) < 4.78 is 28.1. The molecule has 0 aromatic heterocycles. The topological polar surface area (TPSA) is 21.3 Å². The molecule has 0 radical (unpaired) electrons. The van der Waals surface area contributed by atoms with Crippen molar-refractivity contribution in [2.24, 2.45) is 0 Å². The minimum atomic E-state index is -2.34. The number of hydrogen-bond donors (Lipinski definition) is 1. The van der Waals surface area contributed by atoms with Crippen LogP contribution in [0.4, 0.5) is 8.78 Å². The fraction of sp³-hybridized carbons (Fsp3) is 1.00. The van der Waals surface area contributed by atoms with Gasteiger partial charge in [0, 0.05) is 12.6 Å². The molecule has 1 fully saturated rings. The van der Waals surface area contributed by atoms with Crippen LogP contribution in [0.25, 0.3) is 0 Å². The quantitative estimate of drug-likeness (QED) is 0.674. The molecule has 1 N–H and O–H groups in total. The average molecular weight is 207 g/mol. The van der Waals surface area contributed by atoms with Gasteiger partial charge in [-0.3, -0.25) is 0 Å². The van der Waals surface area contributed by atoms with Crippen LogP contribution in [0.15, 0.2) is 0 Å². The van der Waals surface area contributed by atoms with Crippen molar-refractivity contribution in [1.82, 2.24) is 5.32 Å². The Morgan fingerprint density at radius 2 is 1.93 bits per heavy atom. The molecule has 0 heterocycles. The Labute approximate surface area is 84.0 Å². The molecule has 0 aromatic carbocycles. The molecule has 14 heavy (non-hydrogen) atoms. The van der Waals surface area contributed by atoms with Crippen molar-refractivity contribution in [3.63, 3.8) is 0 Å². The van der Waals surface area contributed by atoms with Crippen molar-refractivity contribution in [2.75, 3.05) is 19.8 Å². The zero-order chi connectivity index (χ0) is 10.2. The van der Waals surface area contributed by atoms with Crippen molar-refractivity contribution in [3.8, 4) is 0 Å². The van der Waals surface area contributed by atoms with Crippen LogP contribution >= 0.6 is 0 Å². The van der Waals surface area contributed by atoms with Crippen LogP contribution < -0.4 is 5.32 Å². The third-order valence-electron chi connectivity index (χ3n) is 2.53. The second kappa shape index (κ2) is 7.12. The maximum atomic E-state index is 11.7. The van der Waals surface area contributed by atoms with Gasteiger partial charge < -0.3 is 10.1 Å². The van der Waals surface area contributed by atoms with E-state index in [2.05, 4.69) is 5.32 Å². The fourth-order valence-corrected chi connectivity index (χ4v) is 1.81. The molecular formula is C10H19F2NO. The number of halogens is 2. The molecule has 0 aliphatic heterocycles. The molecular weight excluding hydrogens is 188 g/mol. The van der Waals surface area contributed by atoms with E-state index in [1.165, 1.54) is 32.1 Å². The summed E-state index contributed by atoms with van der Waals surface area (Å²) >= 11 is 0. The summed E-state index contributed by atoms with van der Waals surface area (Å²) in [7, 11) is 0. The highest BCUT2D eigenvalue weighted by atomic mass is 19.3. The number of alkyl halides is 2. The Kier molecular flexibility index (Phi) is 6.03. The normalized spacial score (nSPS) is 19.1. The van der Waals surface area contributed by atoms with Crippen molar-refractivity contribution >= 4 is 0 Å². The summed E-state index contributed by atoms with van der Waals surface area (Å²) in [6.45, 7) is 0.643. The molecule has 0 aromatic rings. The summed E-state index contributed by atoms with van der Waals surface area (Å²) in [6, 6.07) is 0.582. The Hall–Kier alpha value is -0.220. The van der Waals surface area contributed by atoms with Gasteiger partial charge in [0.2, 0.25) is 0 Å². The lowest BCUT2D eigenvalue weighted by Crippen LogP contribution is -2.33. The Morgan fingerprint density at radius 1 is 1.21 bits per heavy atom. The van der Waals surface area contributed by atoms with Gasteiger partial charge in [0.05, 0.1) is 6.61 Å². The van der Waals surface area contributed by atoms with E-state index in [9.17, 15) is 8.78 Å². The molecule has 1 rings (SSSR count). The summed E-state index contributed by atoms with van der Waals surface area (Å²) in [5.74, 6) is 0. The number of nitrogens with one attached hydrogen (secondary N) is 1. The first-order valence-electron chi connectivity index (χ1n) is 5.38. The average Bonchev–Trinajstić information content (AvgIpc) is 2.18. The standard InChI is InChI=1S/C10H19F2NO/c11-10(12)8-14-7-6-13-9-4-2-1-3-5-9/h9-10,13H,1-8H2. The van der Waals surface area contributed by atoms with Gasteiger partial charge in [-0.2, -0.15) is 0 Å². The van der Waals surface area contributed by atoms with E-state index >= 15 is 0 Å². The predicted octanol–water partition coefficient (Wildman–Crippen LogP) is 2.19. The minimum absolute atomic E-state index is 0.390. The fourth-order valence-electron chi connectivity index (χ4n) is 1.81. The minimum Gasteiger partial charge on any atom is -0.374 e. The van der Waals surface area contributed by atoms with Crippen LogP contribution in [-0.4, -0.2) is 32.2 Å². The SMILES string of the molecule is FC(F)COCCNC1CCCCC1. The van der Waals surface area contributed by atoms with Gasteiger partial charge in [0.15, 0.2) is 0 Å². The lowest BCUT2D eigenvalue weighted by Gasteiger charge is -2.22. The summed E-state index contributed by atoms with van der Waals surface area (Å²) in [6.07, 6.45) is 4.00. The van der Waals surface area contributed by atoms with Crippen LogP contribution in [0.1, 0.15) is 32.1 Å². The summed E-state index contributed by atoms with van der Waals surface area (Å²) in [5.41, 5.74) is 0. The molecule has 0 saturated heterocycles. The third-order valence-corrected chi connectivity index (χ3v) is 2.53. The number of rotatable bonds is 6. The maximum absolute atomic E-state index is 11.7. The monoisotopic (exact) mass is 207 g/mol. The molecule has 0 spiro atoms. The molecule has 4 heteroatoms. The van der Waals surface area contributed by atoms with Gasteiger partial charge in [0.1, 0.15) is 6.61 Å². The second-order valence-electron chi connectivity index (χ2n) is 3.76. The molecule has 84 valence electrons. The molecule has 1 aliphatic carbocycles. The zero-order valence-corrected chi connectivity index (χ0v) is 8.48. The van der Waals surface area contributed by atoms with Crippen LogP contribution in [0, 0.1) is 0 Å². The van der Waals surface area contributed by atoms with Gasteiger partial charge in [0.25, 0.3) is 6.43 Å². The first-order valence-corrected chi connectivity index (χ1v) is 5.38. The van der Waals surface area contributed by atoms with E-state index in [1.54, 1.807) is 0 Å². The highest BCUT2D eigenvalue weighted by Crippen LogP contribution is 2.16. The smallest absolute Gasteiger partial charge is 0.261 e. The maximum Gasteiger partial charge on any atom is 0.261 e. The summed E-state index contributed by atoms with van der Waals surface area (Å²) in [5, 5.41) is 3.33. The van der Waals surface area contributed by atoms with E-state index in [4.69, 9.17) is 4.74 Å². The summed E-state index contributed by atoms with van der Waals surface area (Å²) in [4.78, 5) is 0. The van der Waals surface area contributed by atoms with E-state index in [-0.39, 0.29) is 0 Å². The van der Waals surface area contributed by atoms with Gasteiger partial charge >= 0.3 is 0 Å². The largest absolute Gasteiger partial charge is 0.374 e. The van der Waals surface area contributed by atoms with E-state index in [0.29, 0.717) is 19.2 Å². The molecule has 1 saturated carbocycles. The van der Waals surface area contributed by atoms with Crippen LogP contribution in [0.3, 0.4) is 0 Å². The van der Waals surface area contributed by atoms with Crippen LogP contribution in [0.2, 0.25) is 0 Å². The lowest BCUT2D eigenvalue weighted by molar-refractivity contribution is 0.0179. The molecule has 0 unspecified atom stereocenters.